The highest BCUT2D eigenvalue weighted by molar-refractivity contribution is 7.98. The third-order valence-corrected chi connectivity index (χ3v) is 4.02. The van der Waals surface area contributed by atoms with Gasteiger partial charge >= 0.3 is 0 Å². The number of hydrogen-bond acceptors (Lipinski definition) is 3. The van der Waals surface area contributed by atoms with Gasteiger partial charge in [0.05, 0.1) is 12.8 Å². The SMILES string of the molecule is C=C(C)CN=C(NCCCCCCSC)NCCc1ccco1. The molecule has 2 N–H and O–H groups in total. The van der Waals surface area contributed by atoms with Crippen LogP contribution < -0.4 is 10.6 Å². The fourth-order valence-electron chi connectivity index (χ4n) is 2.08. The molecule has 1 heterocycles. The average molecular weight is 338 g/mol. The van der Waals surface area contributed by atoms with E-state index in [9.17, 15) is 0 Å². The third kappa shape index (κ3) is 10.9. The van der Waals surface area contributed by atoms with Crippen LogP contribution in [0.2, 0.25) is 0 Å². The Morgan fingerprint density at radius 2 is 2.00 bits per heavy atom. The maximum absolute atomic E-state index is 5.34. The molecular formula is C18H31N3OS. The first-order chi connectivity index (χ1) is 11.2. The smallest absolute Gasteiger partial charge is 0.191 e. The van der Waals surface area contributed by atoms with Gasteiger partial charge in [-0.25, -0.2) is 4.99 Å². The highest BCUT2D eigenvalue weighted by Gasteiger charge is 2.00. The van der Waals surface area contributed by atoms with Crippen molar-refractivity contribution in [2.45, 2.75) is 39.0 Å². The number of furan rings is 1. The normalized spacial score (nSPS) is 11.5. The van der Waals surface area contributed by atoms with Crippen molar-refractivity contribution in [1.82, 2.24) is 10.6 Å². The molecule has 0 saturated carbocycles. The molecule has 4 nitrogen and oxygen atoms in total. The quantitative estimate of drug-likeness (QED) is 0.263. The van der Waals surface area contributed by atoms with Crippen LogP contribution in [0.15, 0.2) is 40.0 Å². The van der Waals surface area contributed by atoms with Crippen LogP contribution >= 0.6 is 11.8 Å². The number of aliphatic imine (C=N–C) groups is 1. The number of guanidine groups is 1. The molecule has 0 bridgehead atoms. The predicted octanol–water partition coefficient (Wildman–Crippen LogP) is 3.86. The molecule has 0 saturated heterocycles. The number of rotatable bonds is 12. The molecule has 0 radical (unpaired) electrons. The zero-order valence-corrected chi connectivity index (χ0v) is 15.4. The molecule has 1 rings (SSSR count). The lowest BCUT2D eigenvalue weighted by Crippen LogP contribution is -2.39. The summed E-state index contributed by atoms with van der Waals surface area (Å²) in [5.41, 5.74) is 1.06. The van der Waals surface area contributed by atoms with Crippen LogP contribution in [-0.2, 0) is 6.42 Å². The lowest BCUT2D eigenvalue weighted by molar-refractivity contribution is 0.506. The van der Waals surface area contributed by atoms with Gasteiger partial charge < -0.3 is 15.1 Å². The first kappa shape index (κ1) is 19.7. The van der Waals surface area contributed by atoms with E-state index in [0.29, 0.717) is 6.54 Å². The van der Waals surface area contributed by atoms with Gasteiger partial charge in [-0.2, -0.15) is 11.8 Å². The molecule has 130 valence electrons. The van der Waals surface area contributed by atoms with E-state index in [2.05, 4.69) is 28.5 Å². The first-order valence-electron chi connectivity index (χ1n) is 8.40. The van der Waals surface area contributed by atoms with Crippen LogP contribution in [0, 0.1) is 0 Å². The van der Waals surface area contributed by atoms with Crippen LogP contribution in [0.25, 0.3) is 0 Å². The molecule has 1 aromatic heterocycles. The fraction of sp³-hybridized carbons (Fsp3) is 0.611. The minimum atomic E-state index is 0.657. The Kier molecular flexibility index (Phi) is 11.2. The number of hydrogen-bond donors (Lipinski definition) is 2. The summed E-state index contributed by atoms with van der Waals surface area (Å²) >= 11 is 1.93. The molecule has 5 heteroatoms. The summed E-state index contributed by atoms with van der Waals surface area (Å²) < 4.78 is 5.34. The molecule has 0 unspecified atom stereocenters. The average Bonchev–Trinajstić information content (AvgIpc) is 3.04. The number of nitrogens with zero attached hydrogens (tertiary/aromatic N) is 1. The van der Waals surface area contributed by atoms with Gasteiger partial charge in [-0.1, -0.05) is 25.0 Å². The molecule has 23 heavy (non-hydrogen) atoms. The van der Waals surface area contributed by atoms with E-state index < -0.39 is 0 Å². The second-order valence-electron chi connectivity index (χ2n) is 5.71. The second-order valence-corrected chi connectivity index (χ2v) is 6.70. The van der Waals surface area contributed by atoms with Crippen LogP contribution in [0.3, 0.4) is 0 Å². The largest absolute Gasteiger partial charge is 0.469 e. The Hall–Kier alpha value is -1.36. The summed E-state index contributed by atoms with van der Waals surface area (Å²) in [5.74, 6) is 3.13. The highest BCUT2D eigenvalue weighted by Crippen LogP contribution is 2.04. The maximum atomic E-state index is 5.34. The van der Waals surface area contributed by atoms with Gasteiger partial charge in [0, 0.05) is 19.5 Å². The summed E-state index contributed by atoms with van der Waals surface area (Å²) in [7, 11) is 0. The summed E-state index contributed by atoms with van der Waals surface area (Å²) in [6.45, 7) is 8.33. The molecule has 1 aromatic rings. The van der Waals surface area contributed by atoms with Crippen LogP contribution in [0.5, 0.6) is 0 Å². The molecular weight excluding hydrogens is 306 g/mol. The van der Waals surface area contributed by atoms with Gasteiger partial charge in [0.1, 0.15) is 5.76 Å². The predicted molar refractivity (Wildman–Crippen MR) is 102 cm³/mol. The van der Waals surface area contributed by atoms with Gasteiger partial charge in [-0.15, -0.1) is 0 Å². The molecule has 0 spiro atoms. The summed E-state index contributed by atoms with van der Waals surface area (Å²) in [5, 5.41) is 6.77. The van der Waals surface area contributed by atoms with Crippen molar-refractivity contribution in [3.63, 3.8) is 0 Å². The monoisotopic (exact) mass is 337 g/mol. The standard InChI is InChI=1S/C18H31N3OS/c1-16(2)15-21-18(19-11-6-4-5-7-14-23-3)20-12-10-17-9-8-13-22-17/h8-9,13H,1,4-7,10-12,14-15H2,2-3H3,(H2,19,20,21). The van der Waals surface area contributed by atoms with E-state index in [1.807, 2.05) is 30.8 Å². The van der Waals surface area contributed by atoms with Crippen molar-refractivity contribution in [1.29, 1.82) is 0 Å². The van der Waals surface area contributed by atoms with Gasteiger partial charge in [0.15, 0.2) is 5.96 Å². The van der Waals surface area contributed by atoms with Crippen molar-refractivity contribution in [3.05, 3.63) is 36.3 Å². The van der Waals surface area contributed by atoms with Crippen molar-refractivity contribution in [2.75, 3.05) is 31.6 Å². The van der Waals surface area contributed by atoms with Gasteiger partial charge in [-0.05, 0) is 43.9 Å². The fourth-order valence-corrected chi connectivity index (χ4v) is 2.57. The van der Waals surface area contributed by atoms with Crippen molar-refractivity contribution >= 4 is 17.7 Å². The molecule has 0 amide bonds. The number of thioether (sulfide) groups is 1. The van der Waals surface area contributed by atoms with E-state index in [-0.39, 0.29) is 0 Å². The van der Waals surface area contributed by atoms with E-state index in [0.717, 1.165) is 36.8 Å². The van der Waals surface area contributed by atoms with Gasteiger partial charge in [0.2, 0.25) is 0 Å². The maximum Gasteiger partial charge on any atom is 0.191 e. The number of unbranched alkanes of at least 4 members (excludes halogenated alkanes) is 3. The Morgan fingerprint density at radius 1 is 1.22 bits per heavy atom. The molecule has 0 fully saturated rings. The van der Waals surface area contributed by atoms with Crippen LogP contribution in [-0.4, -0.2) is 37.6 Å². The van der Waals surface area contributed by atoms with E-state index in [1.165, 1.54) is 31.4 Å². The lowest BCUT2D eigenvalue weighted by Gasteiger charge is -2.12. The minimum absolute atomic E-state index is 0.657. The Bertz CT molecular complexity index is 443. The molecule has 0 aliphatic carbocycles. The van der Waals surface area contributed by atoms with Crippen molar-refractivity contribution < 1.29 is 4.42 Å². The van der Waals surface area contributed by atoms with Crippen LogP contribution in [0.4, 0.5) is 0 Å². The minimum Gasteiger partial charge on any atom is -0.469 e. The lowest BCUT2D eigenvalue weighted by atomic mass is 10.2. The Labute approximate surface area is 145 Å². The summed E-state index contributed by atoms with van der Waals surface area (Å²) in [6, 6.07) is 3.91. The highest BCUT2D eigenvalue weighted by atomic mass is 32.2. The molecule has 0 aromatic carbocycles. The van der Waals surface area contributed by atoms with Crippen molar-refractivity contribution in [2.24, 2.45) is 4.99 Å². The van der Waals surface area contributed by atoms with E-state index in [1.54, 1.807) is 6.26 Å². The molecule has 0 aliphatic heterocycles. The Balaban J connectivity index is 2.22. The third-order valence-electron chi connectivity index (χ3n) is 3.32. The number of nitrogens with one attached hydrogen (secondary N) is 2. The van der Waals surface area contributed by atoms with E-state index in [4.69, 9.17) is 4.42 Å². The van der Waals surface area contributed by atoms with Gasteiger partial charge in [-0.3, -0.25) is 0 Å². The van der Waals surface area contributed by atoms with Crippen LogP contribution in [0.1, 0.15) is 38.4 Å². The second kappa shape index (κ2) is 13.1. The molecule has 0 aliphatic rings. The zero-order valence-electron chi connectivity index (χ0n) is 14.6. The topological polar surface area (TPSA) is 49.6 Å². The van der Waals surface area contributed by atoms with Crippen molar-refractivity contribution in [3.8, 4) is 0 Å². The first-order valence-corrected chi connectivity index (χ1v) is 9.79. The Morgan fingerprint density at radius 3 is 2.70 bits per heavy atom. The molecule has 0 atom stereocenters. The summed E-state index contributed by atoms with van der Waals surface area (Å²) in [4.78, 5) is 4.55. The van der Waals surface area contributed by atoms with E-state index >= 15 is 0 Å². The zero-order chi connectivity index (χ0) is 16.8. The summed E-state index contributed by atoms with van der Waals surface area (Å²) in [6.07, 6.45) is 9.82. The van der Waals surface area contributed by atoms with Gasteiger partial charge in [0.25, 0.3) is 0 Å².